The lowest BCUT2D eigenvalue weighted by atomic mass is 10.0. The van der Waals surface area contributed by atoms with Crippen LogP contribution in [-0.2, 0) is 4.79 Å². The third-order valence-electron chi connectivity index (χ3n) is 2.57. The van der Waals surface area contributed by atoms with E-state index in [-0.39, 0.29) is 29.9 Å². The van der Waals surface area contributed by atoms with Crippen molar-refractivity contribution in [3.8, 4) is 17.2 Å². The Morgan fingerprint density at radius 2 is 1.63 bits per heavy atom. The van der Waals surface area contributed by atoms with E-state index in [2.05, 4.69) is 0 Å². The molecule has 104 valence electrons. The van der Waals surface area contributed by atoms with Crippen LogP contribution in [0.3, 0.4) is 0 Å². The number of carbonyl (C=O) groups is 2. The van der Waals surface area contributed by atoms with E-state index in [0.717, 1.165) is 0 Å². The fourth-order valence-corrected chi connectivity index (χ4v) is 1.68. The fourth-order valence-electron chi connectivity index (χ4n) is 1.68. The van der Waals surface area contributed by atoms with Gasteiger partial charge in [-0.05, 0) is 12.1 Å². The molecular formula is C13H16O6. The predicted molar refractivity (Wildman–Crippen MR) is 67.3 cm³/mol. The Morgan fingerprint density at radius 3 is 2.11 bits per heavy atom. The highest BCUT2D eigenvalue weighted by atomic mass is 16.5. The lowest BCUT2D eigenvalue weighted by Gasteiger charge is -2.14. The van der Waals surface area contributed by atoms with Crippen LogP contribution in [0, 0.1) is 0 Å². The minimum Gasteiger partial charge on any atom is -0.493 e. The summed E-state index contributed by atoms with van der Waals surface area (Å²) in [7, 11) is 4.32. The SMILES string of the molecule is COc1ccc(C(=O)CCC(=O)O)c(OC)c1OC. The van der Waals surface area contributed by atoms with Crippen LogP contribution in [0.15, 0.2) is 12.1 Å². The van der Waals surface area contributed by atoms with Gasteiger partial charge in [-0.15, -0.1) is 0 Å². The highest BCUT2D eigenvalue weighted by molar-refractivity contribution is 6.01. The van der Waals surface area contributed by atoms with Crippen LogP contribution in [0.5, 0.6) is 17.2 Å². The molecule has 0 aromatic heterocycles. The third kappa shape index (κ3) is 3.37. The second-order valence-corrected chi connectivity index (χ2v) is 3.70. The number of carboxylic acid groups (broad SMARTS) is 1. The van der Waals surface area contributed by atoms with E-state index in [0.29, 0.717) is 11.5 Å². The molecular weight excluding hydrogens is 252 g/mol. The number of benzene rings is 1. The molecule has 0 aliphatic heterocycles. The smallest absolute Gasteiger partial charge is 0.303 e. The molecule has 0 fully saturated rings. The quantitative estimate of drug-likeness (QED) is 0.759. The van der Waals surface area contributed by atoms with Crippen LogP contribution in [-0.4, -0.2) is 38.2 Å². The summed E-state index contributed by atoms with van der Waals surface area (Å²) in [6.45, 7) is 0. The minimum atomic E-state index is -1.02. The van der Waals surface area contributed by atoms with Crippen molar-refractivity contribution in [2.45, 2.75) is 12.8 Å². The number of Topliss-reactive ketones (excluding diaryl/α,β-unsaturated/α-hetero) is 1. The van der Waals surface area contributed by atoms with E-state index in [4.69, 9.17) is 19.3 Å². The summed E-state index contributed by atoms with van der Waals surface area (Å²) in [4.78, 5) is 22.4. The zero-order valence-electron chi connectivity index (χ0n) is 11.1. The van der Waals surface area contributed by atoms with Gasteiger partial charge in [-0.3, -0.25) is 9.59 Å². The first-order valence-electron chi connectivity index (χ1n) is 5.59. The molecule has 0 heterocycles. The Kier molecular flexibility index (Phi) is 5.17. The normalized spacial score (nSPS) is 9.84. The standard InChI is InChI=1S/C13H16O6/c1-17-10-6-4-8(9(14)5-7-11(15)16)12(18-2)13(10)19-3/h4,6H,5,7H2,1-3H3,(H,15,16). The maximum Gasteiger partial charge on any atom is 0.303 e. The molecule has 0 amide bonds. The summed E-state index contributed by atoms with van der Waals surface area (Å²) in [6.07, 6.45) is -0.322. The van der Waals surface area contributed by atoms with Crippen molar-refractivity contribution in [3.05, 3.63) is 17.7 Å². The molecule has 1 aromatic carbocycles. The monoisotopic (exact) mass is 268 g/mol. The average Bonchev–Trinajstić information content (AvgIpc) is 2.42. The van der Waals surface area contributed by atoms with Crippen LogP contribution in [0.4, 0.5) is 0 Å². The van der Waals surface area contributed by atoms with Gasteiger partial charge in [0.2, 0.25) is 5.75 Å². The van der Waals surface area contributed by atoms with Gasteiger partial charge in [0, 0.05) is 6.42 Å². The number of carboxylic acids is 1. The highest BCUT2D eigenvalue weighted by Gasteiger charge is 2.20. The number of rotatable bonds is 7. The van der Waals surface area contributed by atoms with Gasteiger partial charge in [0.15, 0.2) is 17.3 Å². The molecule has 6 nitrogen and oxygen atoms in total. The van der Waals surface area contributed by atoms with Gasteiger partial charge in [-0.25, -0.2) is 0 Å². The molecule has 0 unspecified atom stereocenters. The second-order valence-electron chi connectivity index (χ2n) is 3.70. The molecule has 1 aromatic rings. The van der Waals surface area contributed by atoms with Crippen molar-refractivity contribution in [2.75, 3.05) is 21.3 Å². The molecule has 0 spiro atoms. The number of aliphatic carboxylic acids is 1. The van der Waals surface area contributed by atoms with Gasteiger partial charge in [0.05, 0.1) is 33.3 Å². The molecule has 19 heavy (non-hydrogen) atoms. The Hall–Kier alpha value is -2.24. The molecule has 0 saturated carbocycles. The van der Waals surface area contributed by atoms with E-state index in [1.54, 1.807) is 6.07 Å². The summed E-state index contributed by atoms with van der Waals surface area (Å²) in [6, 6.07) is 3.11. The molecule has 6 heteroatoms. The van der Waals surface area contributed by atoms with Crippen molar-refractivity contribution in [1.29, 1.82) is 0 Å². The zero-order valence-corrected chi connectivity index (χ0v) is 11.1. The number of ether oxygens (including phenoxy) is 3. The van der Waals surface area contributed by atoms with E-state index in [1.165, 1.54) is 27.4 Å². The number of hydrogen-bond donors (Lipinski definition) is 1. The Labute approximate surface area is 110 Å². The molecule has 1 rings (SSSR count). The molecule has 0 bridgehead atoms. The first-order valence-corrected chi connectivity index (χ1v) is 5.59. The van der Waals surface area contributed by atoms with Crippen LogP contribution < -0.4 is 14.2 Å². The first kappa shape index (κ1) is 14.8. The molecule has 0 saturated heterocycles. The summed E-state index contributed by atoms with van der Waals surface area (Å²) in [5.74, 6) is -0.342. The Bertz CT molecular complexity index is 480. The number of methoxy groups -OCH3 is 3. The maximum absolute atomic E-state index is 12.0. The van der Waals surface area contributed by atoms with E-state index in [1.807, 2.05) is 0 Å². The number of ketones is 1. The largest absolute Gasteiger partial charge is 0.493 e. The lowest BCUT2D eigenvalue weighted by molar-refractivity contribution is -0.136. The van der Waals surface area contributed by atoms with Crippen molar-refractivity contribution < 1.29 is 28.9 Å². The molecule has 0 aliphatic carbocycles. The third-order valence-corrected chi connectivity index (χ3v) is 2.57. The lowest BCUT2D eigenvalue weighted by Crippen LogP contribution is -2.07. The van der Waals surface area contributed by atoms with Gasteiger partial charge >= 0.3 is 5.97 Å². The Balaban J connectivity index is 3.13. The minimum absolute atomic E-state index is 0.0961. The van der Waals surface area contributed by atoms with Crippen molar-refractivity contribution in [1.82, 2.24) is 0 Å². The predicted octanol–water partition coefficient (Wildman–Crippen LogP) is 1.76. The van der Waals surface area contributed by atoms with E-state index < -0.39 is 5.97 Å². The molecule has 0 aliphatic rings. The summed E-state index contributed by atoms with van der Waals surface area (Å²) >= 11 is 0. The second kappa shape index (κ2) is 6.63. The van der Waals surface area contributed by atoms with E-state index in [9.17, 15) is 9.59 Å². The van der Waals surface area contributed by atoms with Gasteiger partial charge in [0.1, 0.15) is 0 Å². The molecule has 0 atom stereocenters. The van der Waals surface area contributed by atoms with Gasteiger partial charge in [-0.1, -0.05) is 0 Å². The van der Waals surface area contributed by atoms with Crippen molar-refractivity contribution >= 4 is 11.8 Å². The topological polar surface area (TPSA) is 82.1 Å². The van der Waals surface area contributed by atoms with Crippen LogP contribution in [0.2, 0.25) is 0 Å². The van der Waals surface area contributed by atoms with Crippen LogP contribution >= 0.6 is 0 Å². The molecule has 1 N–H and O–H groups in total. The van der Waals surface area contributed by atoms with Crippen molar-refractivity contribution in [3.63, 3.8) is 0 Å². The van der Waals surface area contributed by atoms with Gasteiger partial charge in [0.25, 0.3) is 0 Å². The maximum atomic E-state index is 12.0. The van der Waals surface area contributed by atoms with Gasteiger partial charge in [-0.2, -0.15) is 0 Å². The number of carbonyl (C=O) groups excluding carboxylic acids is 1. The summed E-state index contributed by atoms with van der Waals surface area (Å²) < 4.78 is 15.4. The van der Waals surface area contributed by atoms with Crippen LogP contribution in [0.25, 0.3) is 0 Å². The summed E-state index contributed by atoms with van der Waals surface area (Å²) in [5, 5.41) is 8.59. The molecule has 0 radical (unpaired) electrons. The number of hydrogen-bond acceptors (Lipinski definition) is 5. The average molecular weight is 268 g/mol. The van der Waals surface area contributed by atoms with Gasteiger partial charge < -0.3 is 19.3 Å². The first-order chi connectivity index (χ1) is 9.04. The summed E-state index contributed by atoms with van der Waals surface area (Å²) in [5.41, 5.74) is 0.279. The van der Waals surface area contributed by atoms with Crippen LogP contribution in [0.1, 0.15) is 23.2 Å². The van der Waals surface area contributed by atoms with Crippen molar-refractivity contribution in [2.24, 2.45) is 0 Å². The van der Waals surface area contributed by atoms with E-state index >= 15 is 0 Å². The Morgan fingerprint density at radius 1 is 1.00 bits per heavy atom. The fraction of sp³-hybridized carbons (Fsp3) is 0.385. The zero-order chi connectivity index (χ0) is 14.4. The highest BCUT2D eigenvalue weighted by Crippen LogP contribution is 2.40.